The number of fused-ring (bicyclic) bond motifs is 1. The van der Waals surface area contributed by atoms with E-state index in [9.17, 15) is 9.59 Å². The highest BCUT2D eigenvalue weighted by atomic mass is 32.1. The average molecular weight is 414 g/mol. The van der Waals surface area contributed by atoms with Gasteiger partial charge in [0, 0.05) is 10.8 Å². The van der Waals surface area contributed by atoms with Crippen LogP contribution in [0.4, 0.5) is 5.00 Å². The Balaban J connectivity index is 1.51. The molecule has 2 aliphatic carbocycles. The Morgan fingerprint density at radius 3 is 2.69 bits per heavy atom. The number of methoxy groups -OCH3 is 1. The molecule has 1 aromatic heterocycles. The zero-order valence-corrected chi connectivity index (χ0v) is 17.9. The maximum Gasteiger partial charge on any atom is 0.341 e. The van der Waals surface area contributed by atoms with Crippen molar-refractivity contribution in [2.24, 2.45) is 11.8 Å². The molecule has 154 valence electrons. The molecule has 1 heterocycles. The van der Waals surface area contributed by atoms with Crippen LogP contribution in [-0.2, 0) is 22.4 Å². The summed E-state index contributed by atoms with van der Waals surface area (Å²) in [5.41, 5.74) is 2.80. The molecule has 1 saturated carbocycles. The maximum absolute atomic E-state index is 12.9. The summed E-state index contributed by atoms with van der Waals surface area (Å²) in [6.45, 7) is 4.37. The van der Waals surface area contributed by atoms with Crippen molar-refractivity contribution in [3.05, 3.63) is 45.8 Å². The third kappa shape index (κ3) is 4.04. The topological polar surface area (TPSA) is 64.6 Å². The molecule has 0 spiro atoms. The summed E-state index contributed by atoms with van der Waals surface area (Å²) >= 11 is 1.55. The number of rotatable bonds is 6. The van der Waals surface area contributed by atoms with Crippen LogP contribution in [0.15, 0.2) is 24.3 Å². The summed E-state index contributed by atoms with van der Waals surface area (Å²) in [7, 11) is 1.64. The van der Waals surface area contributed by atoms with Crippen molar-refractivity contribution in [2.75, 3.05) is 19.0 Å². The van der Waals surface area contributed by atoms with E-state index in [0.29, 0.717) is 23.1 Å². The van der Waals surface area contributed by atoms with Crippen LogP contribution in [0, 0.1) is 11.8 Å². The minimum atomic E-state index is -0.322. The second-order valence-electron chi connectivity index (χ2n) is 7.99. The fourth-order valence-corrected chi connectivity index (χ4v) is 5.57. The minimum absolute atomic E-state index is 0.0111. The third-order valence-electron chi connectivity index (χ3n) is 5.90. The average Bonchev–Trinajstić information content (AvgIpc) is 3.44. The highest BCUT2D eigenvalue weighted by molar-refractivity contribution is 7.17. The molecule has 5 nitrogen and oxygen atoms in total. The fraction of sp³-hybridized carbons (Fsp3) is 0.478. The number of amides is 1. The smallest absolute Gasteiger partial charge is 0.341 e. The number of anilines is 1. The van der Waals surface area contributed by atoms with E-state index in [1.165, 1.54) is 4.88 Å². The van der Waals surface area contributed by atoms with Gasteiger partial charge in [-0.05, 0) is 67.7 Å². The first kappa shape index (κ1) is 20.0. The molecule has 6 heteroatoms. The van der Waals surface area contributed by atoms with Gasteiger partial charge >= 0.3 is 5.97 Å². The Morgan fingerprint density at radius 2 is 2.00 bits per heavy atom. The van der Waals surface area contributed by atoms with Gasteiger partial charge in [-0.1, -0.05) is 19.1 Å². The van der Waals surface area contributed by atoms with Crippen LogP contribution in [-0.4, -0.2) is 25.6 Å². The Hall–Kier alpha value is -2.34. The lowest BCUT2D eigenvalue weighted by Gasteiger charge is -2.18. The van der Waals surface area contributed by atoms with Gasteiger partial charge in [0.1, 0.15) is 10.8 Å². The van der Waals surface area contributed by atoms with Crippen molar-refractivity contribution in [1.82, 2.24) is 0 Å². The van der Waals surface area contributed by atoms with Gasteiger partial charge in [-0.25, -0.2) is 4.79 Å². The molecule has 3 atom stereocenters. The largest absolute Gasteiger partial charge is 0.497 e. The Labute approximate surface area is 175 Å². The second-order valence-corrected chi connectivity index (χ2v) is 9.09. The van der Waals surface area contributed by atoms with E-state index >= 15 is 0 Å². The minimum Gasteiger partial charge on any atom is -0.497 e. The molecule has 1 fully saturated rings. The summed E-state index contributed by atoms with van der Waals surface area (Å²) in [6, 6.07) is 7.89. The molecule has 2 aliphatic rings. The van der Waals surface area contributed by atoms with E-state index < -0.39 is 0 Å². The maximum atomic E-state index is 12.9. The molecule has 29 heavy (non-hydrogen) atoms. The Kier molecular flexibility index (Phi) is 5.63. The first-order chi connectivity index (χ1) is 14.0. The SMILES string of the molecule is CCOC(=O)c1c(NC(=O)C2CC2c2ccc(OC)cc2)sc2c1CCC(C)C2. The van der Waals surface area contributed by atoms with E-state index in [4.69, 9.17) is 9.47 Å². The van der Waals surface area contributed by atoms with Crippen molar-refractivity contribution in [3.63, 3.8) is 0 Å². The molecule has 3 unspecified atom stereocenters. The quantitative estimate of drug-likeness (QED) is 0.691. The van der Waals surface area contributed by atoms with Gasteiger partial charge in [-0.2, -0.15) is 0 Å². The highest BCUT2D eigenvalue weighted by Gasteiger charge is 2.44. The molecule has 0 saturated heterocycles. The van der Waals surface area contributed by atoms with Crippen molar-refractivity contribution >= 4 is 28.2 Å². The molecule has 0 bridgehead atoms. The zero-order valence-electron chi connectivity index (χ0n) is 17.1. The second kappa shape index (κ2) is 8.19. The molecular weight excluding hydrogens is 386 g/mol. The summed E-state index contributed by atoms with van der Waals surface area (Å²) in [4.78, 5) is 26.7. The number of ether oxygens (including phenoxy) is 2. The first-order valence-electron chi connectivity index (χ1n) is 10.3. The van der Waals surface area contributed by atoms with Crippen LogP contribution in [0.2, 0.25) is 0 Å². The number of carbonyl (C=O) groups excluding carboxylic acids is 2. The van der Waals surface area contributed by atoms with Gasteiger partial charge in [0.15, 0.2) is 0 Å². The standard InChI is InChI=1S/C23H27NO4S/c1-4-28-23(26)20-16-10-5-13(2)11-19(16)29-22(20)24-21(25)18-12-17(18)14-6-8-15(27-3)9-7-14/h6-9,13,17-18H,4-5,10-12H2,1-3H3,(H,24,25). The van der Waals surface area contributed by atoms with Gasteiger partial charge in [0.05, 0.1) is 19.3 Å². The highest BCUT2D eigenvalue weighted by Crippen LogP contribution is 2.49. The number of hydrogen-bond donors (Lipinski definition) is 1. The number of hydrogen-bond acceptors (Lipinski definition) is 5. The monoisotopic (exact) mass is 413 g/mol. The first-order valence-corrected chi connectivity index (χ1v) is 11.1. The molecule has 2 aromatic rings. The van der Waals surface area contributed by atoms with Gasteiger partial charge < -0.3 is 14.8 Å². The molecular formula is C23H27NO4S. The van der Waals surface area contributed by atoms with Crippen LogP contribution in [0.25, 0.3) is 0 Å². The number of benzene rings is 1. The van der Waals surface area contributed by atoms with Crippen molar-refractivity contribution in [3.8, 4) is 5.75 Å². The summed E-state index contributed by atoms with van der Waals surface area (Å²) < 4.78 is 10.5. The van der Waals surface area contributed by atoms with E-state index in [1.807, 2.05) is 24.3 Å². The lowest BCUT2D eigenvalue weighted by molar-refractivity contribution is -0.117. The van der Waals surface area contributed by atoms with E-state index in [0.717, 1.165) is 42.6 Å². The predicted octanol–water partition coefficient (Wildman–Crippen LogP) is 4.80. The lowest BCUT2D eigenvalue weighted by atomic mass is 9.88. The third-order valence-corrected chi connectivity index (χ3v) is 7.07. The molecule has 1 amide bonds. The van der Waals surface area contributed by atoms with Crippen LogP contribution in [0.5, 0.6) is 5.75 Å². The normalized spacial score (nSPS) is 22.5. The fourth-order valence-electron chi connectivity index (χ4n) is 4.17. The lowest BCUT2D eigenvalue weighted by Crippen LogP contribution is -2.18. The zero-order chi connectivity index (χ0) is 20.5. The van der Waals surface area contributed by atoms with Gasteiger partial charge in [0.2, 0.25) is 5.91 Å². The van der Waals surface area contributed by atoms with E-state index in [1.54, 1.807) is 25.4 Å². The van der Waals surface area contributed by atoms with Gasteiger partial charge in [-0.15, -0.1) is 11.3 Å². The Morgan fingerprint density at radius 1 is 1.24 bits per heavy atom. The van der Waals surface area contributed by atoms with Crippen LogP contribution < -0.4 is 10.1 Å². The van der Waals surface area contributed by atoms with Crippen molar-refractivity contribution in [1.29, 1.82) is 0 Å². The van der Waals surface area contributed by atoms with Crippen LogP contribution in [0.3, 0.4) is 0 Å². The summed E-state index contributed by atoms with van der Waals surface area (Å²) in [5, 5.41) is 3.72. The van der Waals surface area contributed by atoms with Crippen LogP contribution in [0.1, 0.15) is 59.0 Å². The number of nitrogens with one attached hydrogen (secondary N) is 1. The molecule has 1 aromatic carbocycles. The number of thiophene rings is 1. The van der Waals surface area contributed by atoms with Crippen molar-refractivity contribution < 1.29 is 19.1 Å². The Bertz CT molecular complexity index is 918. The van der Waals surface area contributed by atoms with Gasteiger partial charge in [0.25, 0.3) is 0 Å². The van der Waals surface area contributed by atoms with E-state index in [2.05, 4.69) is 12.2 Å². The molecule has 0 aliphatic heterocycles. The molecule has 4 rings (SSSR count). The van der Waals surface area contributed by atoms with E-state index in [-0.39, 0.29) is 23.7 Å². The molecule has 0 radical (unpaired) electrons. The van der Waals surface area contributed by atoms with Crippen molar-refractivity contribution in [2.45, 2.75) is 45.4 Å². The number of carbonyl (C=O) groups is 2. The van der Waals surface area contributed by atoms with Gasteiger partial charge in [-0.3, -0.25) is 4.79 Å². The molecule has 1 N–H and O–H groups in total. The predicted molar refractivity (Wildman–Crippen MR) is 114 cm³/mol. The summed E-state index contributed by atoms with van der Waals surface area (Å²) in [5.74, 6) is 1.24. The number of esters is 1. The summed E-state index contributed by atoms with van der Waals surface area (Å²) in [6.07, 6.45) is 3.72. The van der Waals surface area contributed by atoms with Crippen LogP contribution >= 0.6 is 11.3 Å².